The van der Waals surface area contributed by atoms with Gasteiger partial charge in [-0.3, -0.25) is 0 Å². The quantitative estimate of drug-likeness (QED) is 0.675. The minimum Gasteiger partial charge on any atom is -0.316 e. The van der Waals surface area contributed by atoms with E-state index in [1.54, 1.807) is 0 Å². The molecule has 0 aromatic carbocycles. The molecule has 1 fully saturated rings. The number of nitrogens with one attached hydrogen (secondary N) is 1. The zero-order valence-electron chi connectivity index (χ0n) is 13.1. The predicted molar refractivity (Wildman–Crippen MR) is 81.1 cm³/mol. The molecule has 0 aromatic rings. The Bertz CT molecular complexity index is 211. The van der Waals surface area contributed by atoms with Crippen molar-refractivity contribution in [3.05, 3.63) is 0 Å². The molecule has 0 bridgehead atoms. The average Bonchev–Trinajstić information content (AvgIpc) is 2.88. The van der Waals surface area contributed by atoms with E-state index >= 15 is 0 Å². The smallest absolute Gasteiger partial charge is 0.00953 e. The summed E-state index contributed by atoms with van der Waals surface area (Å²) >= 11 is 0. The zero-order valence-corrected chi connectivity index (χ0v) is 13.1. The highest BCUT2D eigenvalue weighted by molar-refractivity contribution is 4.85. The molecule has 1 unspecified atom stereocenters. The Morgan fingerprint density at radius 3 is 2.33 bits per heavy atom. The first kappa shape index (κ1) is 16.0. The largest absolute Gasteiger partial charge is 0.316 e. The summed E-state index contributed by atoms with van der Waals surface area (Å²) in [6.45, 7) is 14.1. The van der Waals surface area contributed by atoms with Crippen LogP contribution in [0.3, 0.4) is 0 Å². The Morgan fingerprint density at radius 2 is 1.83 bits per heavy atom. The van der Waals surface area contributed by atoms with Gasteiger partial charge in [-0.1, -0.05) is 47.0 Å². The zero-order chi connectivity index (χ0) is 13.4. The third-order valence-corrected chi connectivity index (χ3v) is 4.49. The minimum atomic E-state index is 0.448. The maximum atomic E-state index is 3.57. The van der Waals surface area contributed by atoms with E-state index in [0.717, 1.165) is 12.6 Å². The molecule has 0 radical (unpaired) electrons. The van der Waals surface area contributed by atoms with Crippen LogP contribution < -0.4 is 5.32 Å². The van der Waals surface area contributed by atoms with Crippen LogP contribution in [0.15, 0.2) is 0 Å². The van der Waals surface area contributed by atoms with Crippen LogP contribution in [-0.2, 0) is 0 Å². The topological polar surface area (TPSA) is 15.3 Å². The monoisotopic (exact) mass is 254 g/mol. The first-order valence-corrected chi connectivity index (χ1v) is 8.10. The number of hydrogen-bond donors (Lipinski definition) is 1. The van der Waals surface area contributed by atoms with Gasteiger partial charge in [0.2, 0.25) is 0 Å². The highest BCUT2D eigenvalue weighted by atomic mass is 15.2. The molecule has 1 rings (SSSR count). The standard InChI is InChI=1S/C16H34N2/c1-5-12-16(4,13-17-6-2)14-18(7-3)15-10-8-9-11-15/h15,17H,5-14H2,1-4H3. The van der Waals surface area contributed by atoms with E-state index in [-0.39, 0.29) is 0 Å². The third kappa shape index (κ3) is 4.89. The van der Waals surface area contributed by atoms with Gasteiger partial charge in [-0.2, -0.15) is 0 Å². The van der Waals surface area contributed by atoms with Crippen molar-refractivity contribution in [1.82, 2.24) is 10.2 Å². The Kier molecular flexibility index (Phi) is 7.25. The lowest BCUT2D eigenvalue weighted by molar-refractivity contribution is 0.116. The first-order chi connectivity index (χ1) is 8.65. The van der Waals surface area contributed by atoms with Crippen LogP contribution in [0.1, 0.15) is 66.2 Å². The van der Waals surface area contributed by atoms with Crippen molar-refractivity contribution >= 4 is 0 Å². The lowest BCUT2D eigenvalue weighted by Gasteiger charge is -2.38. The summed E-state index contributed by atoms with van der Waals surface area (Å²) in [6.07, 6.45) is 8.37. The van der Waals surface area contributed by atoms with E-state index in [1.807, 2.05) is 0 Å². The van der Waals surface area contributed by atoms with Gasteiger partial charge in [-0.15, -0.1) is 0 Å². The summed E-state index contributed by atoms with van der Waals surface area (Å²) in [5.41, 5.74) is 0.448. The molecular weight excluding hydrogens is 220 g/mol. The second-order valence-corrected chi connectivity index (χ2v) is 6.34. The highest BCUT2D eigenvalue weighted by Crippen LogP contribution is 2.29. The van der Waals surface area contributed by atoms with E-state index in [9.17, 15) is 0 Å². The number of hydrogen-bond acceptors (Lipinski definition) is 2. The third-order valence-electron chi connectivity index (χ3n) is 4.49. The minimum absolute atomic E-state index is 0.448. The number of nitrogens with zero attached hydrogens (tertiary/aromatic N) is 1. The van der Waals surface area contributed by atoms with Crippen molar-refractivity contribution < 1.29 is 0 Å². The van der Waals surface area contributed by atoms with Crippen LogP contribution in [0.25, 0.3) is 0 Å². The Morgan fingerprint density at radius 1 is 1.17 bits per heavy atom. The van der Waals surface area contributed by atoms with Gasteiger partial charge in [0.1, 0.15) is 0 Å². The van der Waals surface area contributed by atoms with Crippen molar-refractivity contribution in [1.29, 1.82) is 0 Å². The molecule has 2 nitrogen and oxygen atoms in total. The van der Waals surface area contributed by atoms with Crippen molar-refractivity contribution in [3.63, 3.8) is 0 Å². The summed E-state index contributed by atoms with van der Waals surface area (Å²) < 4.78 is 0. The molecule has 1 N–H and O–H groups in total. The summed E-state index contributed by atoms with van der Waals surface area (Å²) in [4.78, 5) is 2.75. The Hall–Kier alpha value is -0.0800. The molecular formula is C16H34N2. The fraction of sp³-hybridized carbons (Fsp3) is 1.00. The van der Waals surface area contributed by atoms with E-state index < -0.39 is 0 Å². The molecule has 0 spiro atoms. The van der Waals surface area contributed by atoms with Gasteiger partial charge in [0, 0.05) is 19.1 Å². The Balaban J connectivity index is 2.55. The van der Waals surface area contributed by atoms with Crippen LogP contribution in [0.5, 0.6) is 0 Å². The lowest BCUT2D eigenvalue weighted by atomic mass is 9.84. The SMILES string of the molecule is CCCC(C)(CNCC)CN(CC)C1CCCC1. The summed E-state index contributed by atoms with van der Waals surface area (Å²) in [7, 11) is 0. The second kappa shape index (κ2) is 8.16. The van der Waals surface area contributed by atoms with Gasteiger partial charge >= 0.3 is 0 Å². The molecule has 0 amide bonds. The fourth-order valence-corrected chi connectivity index (χ4v) is 3.51. The molecule has 1 aliphatic rings. The maximum Gasteiger partial charge on any atom is 0.00953 e. The maximum absolute atomic E-state index is 3.57. The molecule has 1 saturated carbocycles. The predicted octanol–water partition coefficient (Wildman–Crippen LogP) is 3.67. The van der Waals surface area contributed by atoms with Gasteiger partial charge < -0.3 is 10.2 Å². The average molecular weight is 254 g/mol. The van der Waals surface area contributed by atoms with Gasteiger partial charge in [-0.25, -0.2) is 0 Å². The van der Waals surface area contributed by atoms with Crippen molar-refractivity contribution in [2.45, 2.75) is 72.3 Å². The second-order valence-electron chi connectivity index (χ2n) is 6.34. The van der Waals surface area contributed by atoms with Gasteiger partial charge in [-0.05, 0) is 37.8 Å². The summed E-state index contributed by atoms with van der Waals surface area (Å²) in [5, 5.41) is 3.57. The molecule has 0 heterocycles. The molecule has 0 aliphatic heterocycles. The van der Waals surface area contributed by atoms with Crippen LogP contribution in [-0.4, -0.2) is 37.1 Å². The molecule has 2 heteroatoms. The van der Waals surface area contributed by atoms with Crippen LogP contribution in [0.2, 0.25) is 0 Å². The van der Waals surface area contributed by atoms with E-state index in [1.165, 1.54) is 58.2 Å². The Labute approximate surface area is 115 Å². The van der Waals surface area contributed by atoms with Gasteiger partial charge in [0.25, 0.3) is 0 Å². The molecule has 0 aromatic heterocycles. The summed E-state index contributed by atoms with van der Waals surface area (Å²) in [5.74, 6) is 0. The molecule has 108 valence electrons. The van der Waals surface area contributed by atoms with Crippen LogP contribution in [0.4, 0.5) is 0 Å². The van der Waals surface area contributed by atoms with Gasteiger partial charge in [0.15, 0.2) is 0 Å². The van der Waals surface area contributed by atoms with Gasteiger partial charge in [0.05, 0.1) is 0 Å². The van der Waals surface area contributed by atoms with Crippen molar-refractivity contribution in [2.24, 2.45) is 5.41 Å². The summed E-state index contributed by atoms with van der Waals surface area (Å²) in [6, 6.07) is 0.868. The molecule has 0 saturated heterocycles. The number of rotatable bonds is 9. The molecule has 1 aliphatic carbocycles. The van der Waals surface area contributed by atoms with Crippen LogP contribution in [0, 0.1) is 5.41 Å². The van der Waals surface area contributed by atoms with E-state index in [4.69, 9.17) is 0 Å². The van der Waals surface area contributed by atoms with Crippen molar-refractivity contribution in [2.75, 3.05) is 26.2 Å². The van der Waals surface area contributed by atoms with E-state index in [0.29, 0.717) is 5.41 Å². The van der Waals surface area contributed by atoms with Crippen LogP contribution >= 0.6 is 0 Å². The molecule has 18 heavy (non-hydrogen) atoms. The lowest BCUT2D eigenvalue weighted by Crippen LogP contribution is -2.45. The molecule has 1 atom stereocenters. The first-order valence-electron chi connectivity index (χ1n) is 8.10. The van der Waals surface area contributed by atoms with E-state index in [2.05, 4.69) is 37.9 Å². The highest BCUT2D eigenvalue weighted by Gasteiger charge is 2.29. The fourth-order valence-electron chi connectivity index (χ4n) is 3.51. The van der Waals surface area contributed by atoms with Crippen molar-refractivity contribution in [3.8, 4) is 0 Å². The normalized spacial score (nSPS) is 20.5.